The van der Waals surface area contributed by atoms with Crippen molar-refractivity contribution < 1.29 is 14.7 Å². The molecule has 0 aromatic carbocycles. The summed E-state index contributed by atoms with van der Waals surface area (Å²) < 4.78 is 0. The van der Waals surface area contributed by atoms with Crippen LogP contribution in [0.25, 0.3) is 0 Å². The summed E-state index contributed by atoms with van der Waals surface area (Å²) in [7, 11) is 0. The van der Waals surface area contributed by atoms with Crippen LogP contribution in [0, 0.1) is 5.41 Å². The number of nitrogens with one attached hydrogen (secondary N) is 1. The molecular formula is C13H26N2O3. The van der Waals surface area contributed by atoms with E-state index in [-0.39, 0.29) is 17.9 Å². The Morgan fingerprint density at radius 3 is 2.44 bits per heavy atom. The topological polar surface area (TPSA) is 92.4 Å². The van der Waals surface area contributed by atoms with Crippen LogP contribution in [-0.4, -0.2) is 29.6 Å². The lowest BCUT2D eigenvalue weighted by Gasteiger charge is -2.30. The molecule has 0 bridgehead atoms. The van der Waals surface area contributed by atoms with Gasteiger partial charge in [-0.1, -0.05) is 40.0 Å². The maximum Gasteiger partial charge on any atom is 0.322 e. The van der Waals surface area contributed by atoms with Gasteiger partial charge in [-0.2, -0.15) is 0 Å². The highest BCUT2D eigenvalue weighted by molar-refractivity contribution is 5.84. The van der Waals surface area contributed by atoms with Gasteiger partial charge in [-0.25, -0.2) is 0 Å². The number of carboxylic acid groups (broad SMARTS) is 1. The van der Waals surface area contributed by atoms with Crippen LogP contribution in [0.2, 0.25) is 0 Å². The molecule has 0 aromatic rings. The first-order chi connectivity index (χ1) is 8.34. The van der Waals surface area contributed by atoms with Crippen LogP contribution in [0.4, 0.5) is 0 Å². The third-order valence-electron chi connectivity index (χ3n) is 3.45. The van der Waals surface area contributed by atoms with Gasteiger partial charge in [-0.05, 0) is 18.3 Å². The number of amides is 1. The van der Waals surface area contributed by atoms with Crippen molar-refractivity contribution in [2.75, 3.05) is 6.54 Å². The molecule has 2 atom stereocenters. The van der Waals surface area contributed by atoms with Gasteiger partial charge in [0.1, 0.15) is 6.54 Å². The number of unbranched alkanes of at least 4 members (excludes halogenated alkanes) is 1. The number of nitrogens with two attached hydrogens (primary N) is 1. The van der Waals surface area contributed by atoms with Crippen LogP contribution in [-0.2, 0) is 9.59 Å². The fourth-order valence-electron chi connectivity index (χ4n) is 1.94. The molecule has 1 amide bonds. The van der Waals surface area contributed by atoms with Gasteiger partial charge in [0.2, 0.25) is 5.91 Å². The van der Waals surface area contributed by atoms with E-state index < -0.39 is 12.0 Å². The van der Waals surface area contributed by atoms with Crippen molar-refractivity contribution in [3.05, 3.63) is 0 Å². The molecule has 0 fully saturated rings. The van der Waals surface area contributed by atoms with Crippen LogP contribution in [0.5, 0.6) is 0 Å². The standard InChI is InChI=1S/C13H26N2O3/c1-4-6-7-13(3,5-2)8-10(14)12(18)15-9-11(16)17/h10H,4-9,14H2,1-3H3,(H,15,18)(H,16,17)/t10-,13?/m0/s1. The zero-order valence-corrected chi connectivity index (χ0v) is 11.7. The van der Waals surface area contributed by atoms with Crippen LogP contribution < -0.4 is 11.1 Å². The van der Waals surface area contributed by atoms with E-state index in [1.54, 1.807) is 0 Å². The first kappa shape index (κ1) is 16.9. The molecule has 0 spiro atoms. The van der Waals surface area contributed by atoms with Gasteiger partial charge in [0.05, 0.1) is 6.04 Å². The third-order valence-corrected chi connectivity index (χ3v) is 3.45. The van der Waals surface area contributed by atoms with E-state index >= 15 is 0 Å². The maximum absolute atomic E-state index is 11.6. The summed E-state index contributed by atoms with van der Waals surface area (Å²) in [6.45, 7) is 5.99. The third kappa shape index (κ3) is 6.59. The number of hydrogen-bond donors (Lipinski definition) is 3. The summed E-state index contributed by atoms with van der Waals surface area (Å²) in [4.78, 5) is 22.0. The minimum Gasteiger partial charge on any atom is -0.480 e. The second kappa shape index (κ2) is 8.08. The number of aliphatic carboxylic acids is 1. The predicted molar refractivity (Wildman–Crippen MR) is 71.2 cm³/mol. The second-order valence-corrected chi connectivity index (χ2v) is 5.19. The van der Waals surface area contributed by atoms with Crippen molar-refractivity contribution in [1.82, 2.24) is 5.32 Å². The van der Waals surface area contributed by atoms with Gasteiger partial charge in [0.25, 0.3) is 0 Å². The van der Waals surface area contributed by atoms with E-state index in [0.717, 1.165) is 25.7 Å². The minimum absolute atomic E-state index is 0.0516. The monoisotopic (exact) mass is 258 g/mol. The summed E-state index contributed by atoms with van der Waals surface area (Å²) in [5.41, 5.74) is 5.88. The van der Waals surface area contributed by atoms with Crippen molar-refractivity contribution in [2.45, 2.75) is 58.9 Å². The average Bonchev–Trinajstić information content (AvgIpc) is 2.33. The quantitative estimate of drug-likeness (QED) is 0.584. The normalized spacial score (nSPS) is 15.8. The number of rotatable bonds is 9. The van der Waals surface area contributed by atoms with Gasteiger partial charge in [0, 0.05) is 0 Å². The van der Waals surface area contributed by atoms with Gasteiger partial charge >= 0.3 is 5.97 Å². The lowest BCUT2D eigenvalue weighted by atomic mass is 9.77. The molecule has 0 aliphatic heterocycles. The van der Waals surface area contributed by atoms with E-state index in [1.807, 2.05) is 0 Å². The molecule has 0 saturated carbocycles. The molecule has 0 rings (SSSR count). The Morgan fingerprint density at radius 1 is 1.39 bits per heavy atom. The highest BCUT2D eigenvalue weighted by atomic mass is 16.4. The SMILES string of the molecule is CCCCC(C)(CC)C[C@H](N)C(=O)NCC(=O)O. The fraction of sp³-hybridized carbons (Fsp3) is 0.846. The molecule has 0 aromatic heterocycles. The van der Waals surface area contributed by atoms with E-state index in [0.29, 0.717) is 6.42 Å². The Morgan fingerprint density at radius 2 is 2.00 bits per heavy atom. The molecule has 0 saturated heterocycles. The number of carbonyl (C=O) groups excluding carboxylic acids is 1. The van der Waals surface area contributed by atoms with Crippen LogP contribution in [0.1, 0.15) is 52.9 Å². The van der Waals surface area contributed by atoms with E-state index in [9.17, 15) is 9.59 Å². The smallest absolute Gasteiger partial charge is 0.322 e. The Hall–Kier alpha value is -1.10. The zero-order valence-electron chi connectivity index (χ0n) is 11.7. The summed E-state index contributed by atoms with van der Waals surface area (Å²) in [6, 6.07) is -0.633. The van der Waals surface area contributed by atoms with Crippen LogP contribution in [0.15, 0.2) is 0 Å². The summed E-state index contributed by atoms with van der Waals surface area (Å²) in [5, 5.41) is 10.8. The van der Waals surface area contributed by atoms with Gasteiger partial charge in [0.15, 0.2) is 0 Å². The second-order valence-electron chi connectivity index (χ2n) is 5.19. The number of carbonyl (C=O) groups is 2. The lowest BCUT2D eigenvalue weighted by Crippen LogP contribution is -2.45. The Bertz CT molecular complexity index is 281. The van der Waals surface area contributed by atoms with E-state index in [2.05, 4.69) is 26.1 Å². The average molecular weight is 258 g/mol. The van der Waals surface area contributed by atoms with E-state index in [1.165, 1.54) is 0 Å². The first-order valence-electron chi connectivity index (χ1n) is 6.59. The molecule has 0 aliphatic carbocycles. The highest BCUT2D eigenvalue weighted by Crippen LogP contribution is 2.32. The van der Waals surface area contributed by atoms with E-state index in [4.69, 9.17) is 10.8 Å². The predicted octanol–water partition coefficient (Wildman–Crippen LogP) is 1.51. The van der Waals surface area contributed by atoms with Crippen molar-refractivity contribution in [3.63, 3.8) is 0 Å². The summed E-state index contributed by atoms with van der Waals surface area (Å²) in [6.07, 6.45) is 4.84. The maximum atomic E-state index is 11.6. The van der Waals surface area contributed by atoms with Gasteiger partial charge in [-0.3, -0.25) is 9.59 Å². The molecule has 0 radical (unpaired) electrons. The van der Waals surface area contributed by atoms with Gasteiger partial charge < -0.3 is 16.2 Å². The van der Waals surface area contributed by atoms with Gasteiger partial charge in [-0.15, -0.1) is 0 Å². The highest BCUT2D eigenvalue weighted by Gasteiger charge is 2.27. The Labute approximate surface area is 109 Å². The van der Waals surface area contributed by atoms with Crippen molar-refractivity contribution in [1.29, 1.82) is 0 Å². The van der Waals surface area contributed by atoms with Crippen LogP contribution in [0.3, 0.4) is 0 Å². The molecule has 18 heavy (non-hydrogen) atoms. The fourth-order valence-corrected chi connectivity index (χ4v) is 1.94. The minimum atomic E-state index is -1.06. The molecule has 5 heteroatoms. The Kier molecular flexibility index (Phi) is 7.59. The lowest BCUT2D eigenvalue weighted by molar-refractivity contribution is -0.138. The number of hydrogen-bond acceptors (Lipinski definition) is 3. The van der Waals surface area contributed by atoms with Crippen molar-refractivity contribution >= 4 is 11.9 Å². The molecular weight excluding hydrogens is 232 g/mol. The Balaban J connectivity index is 4.28. The largest absolute Gasteiger partial charge is 0.480 e. The molecule has 5 nitrogen and oxygen atoms in total. The molecule has 4 N–H and O–H groups in total. The summed E-state index contributed by atoms with van der Waals surface area (Å²) in [5.74, 6) is -1.44. The zero-order chi connectivity index (χ0) is 14.2. The molecule has 1 unspecified atom stereocenters. The molecule has 0 aliphatic rings. The van der Waals surface area contributed by atoms with Crippen molar-refractivity contribution in [3.8, 4) is 0 Å². The number of carboxylic acids is 1. The van der Waals surface area contributed by atoms with Crippen LogP contribution >= 0.6 is 0 Å². The molecule has 0 heterocycles. The summed E-state index contributed by atoms with van der Waals surface area (Å²) >= 11 is 0. The van der Waals surface area contributed by atoms with Crippen molar-refractivity contribution in [2.24, 2.45) is 11.1 Å². The first-order valence-corrected chi connectivity index (χ1v) is 6.59. The molecule has 106 valence electrons.